The molecule has 3 N–H and O–H groups in total. The average Bonchev–Trinajstić information content (AvgIpc) is 2.21. The largest absolute Gasteiger partial charge is 0.393 e. The number of amides is 1. The molecule has 0 saturated heterocycles. The maximum absolute atomic E-state index is 12.4. The molecule has 4 heteroatoms. The molecule has 4 aliphatic rings. The molecule has 0 aliphatic heterocycles. The number of thiocarbonyl (C=S) groups is 1. The highest BCUT2D eigenvalue weighted by atomic mass is 32.1. The summed E-state index contributed by atoms with van der Waals surface area (Å²) >= 11 is 4.96. The maximum Gasteiger partial charge on any atom is 0.230 e. The van der Waals surface area contributed by atoms with Gasteiger partial charge in [0.25, 0.3) is 0 Å². The Morgan fingerprint density at radius 2 is 1.75 bits per heavy atom. The third kappa shape index (κ3) is 2.26. The SMILES string of the molecule is CC(C(=O)NC12CC3CC(C)(CC(C)(C3)C1)C2)C(N)=S. The van der Waals surface area contributed by atoms with Gasteiger partial charge in [-0.2, -0.15) is 0 Å². The Morgan fingerprint density at radius 3 is 2.20 bits per heavy atom. The van der Waals surface area contributed by atoms with Gasteiger partial charge >= 0.3 is 0 Å². The van der Waals surface area contributed by atoms with Crippen LogP contribution in [0.15, 0.2) is 0 Å². The van der Waals surface area contributed by atoms with Crippen LogP contribution in [0.5, 0.6) is 0 Å². The molecule has 4 aliphatic carbocycles. The highest BCUT2D eigenvalue weighted by Crippen LogP contribution is 2.66. The van der Waals surface area contributed by atoms with E-state index in [4.69, 9.17) is 18.0 Å². The van der Waals surface area contributed by atoms with Crippen LogP contribution in [0.3, 0.4) is 0 Å². The Hall–Kier alpha value is -0.640. The second-order valence-corrected chi connectivity index (χ2v) is 9.00. The lowest BCUT2D eigenvalue weighted by atomic mass is 9.42. The normalized spacial score (nSPS) is 47.0. The smallest absolute Gasteiger partial charge is 0.230 e. The van der Waals surface area contributed by atoms with E-state index in [0.29, 0.717) is 15.8 Å². The van der Waals surface area contributed by atoms with Crippen molar-refractivity contribution in [3.63, 3.8) is 0 Å². The van der Waals surface area contributed by atoms with Crippen LogP contribution in [0.4, 0.5) is 0 Å². The minimum Gasteiger partial charge on any atom is -0.393 e. The molecule has 4 saturated carbocycles. The molecule has 3 unspecified atom stereocenters. The van der Waals surface area contributed by atoms with E-state index < -0.39 is 0 Å². The first kappa shape index (κ1) is 14.3. The Balaban J connectivity index is 1.82. The zero-order chi connectivity index (χ0) is 14.8. The molecule has 4 fully saturated rings. The van der Waals surface area contributed by atoms with E-state index in [-0.39, 0.29) is 17.4 Å². The maximum atomic E-state index is 12.4. The molecule has 0 aromatic heterocycles. The Bertz CT molecular complexity index is 457. The summed E-state index contributed by atoms with van der Waals surface area (Å²) in [6.07, 6.45) is 7.40. The van der Waals surface area contributed by atoms with Crippen LogP contribution in [0, 0.1) is 22.7 Å². The number of nitrogens with two attached hydrogens (primary N) is 1. The van der Waals surface area contributed by atoms with Crippen molar-refractivity contribution in [1.29, 1.82) is 0 Å². The van der Waals surface area contributed by atoms with Crippen molar-refractivity contribution in [3.05, 3.63) is 0 Å². The fourth-order valence-electron chi connectivity index (χ4n) is 6.09. The highest BCUT2D eigenvalue weighted by molar-refractivity contribution is 7.80. The molecule has 20 heavy (non-hydrogen) atoms. The Morgan fingerprint density at radius 1 is 1.20 bits per heavy atom. The molecule has 4 rings (SSSR count). The van der Waals surface area contributed by atoms with Gasteiger partial charge in [-0.3, -0.25) is 4.79 Å². The molecule has 0 spiro atoms. The minimum absolute atomic E-state index is 0.000949. The van der Waals surface area contributed by atoms with E-state index in [1.54, 1.807) is 0 Å². The Labute approximate surface area is 127 Å². The molecule has 1 amide bonds. The minimum atomic E-state index is -0.362. The molecule has 0 heterocycles. The first-order chi connectivity index (χ1) is 9.14. The van der Waals surface area contributed by atoms with Crippen LogP contribution in [0.1, 0.15) is 59.3 Å². The highest BCUT2D eigenvalue weighted by Gasteiger charge is 2.60. The number of nitrogens with one attached hydrogen (secondary N) is 1. The van der Waals surface area contributed by atoms with Crippen molar-refractivity contribution >= 4 is 23.1 Å². The quantitative estimate of drug-likeness (QED) is 0.787. The monoisotopic (exact) mass is 294 g/mol. The number of carbonyl (C=O) groups excluding carboxylic acids is 1. The van der Waals surface area contributed by atoms with Gasteiger partial charge in [0.15, 0.2) is 0 Å². The van der Waals surface area contributed by atoms with Gasteiger partial charge in [0.05, 0.1) is 10.9 Å². The van der Waals surface area contributed by atoms with Crippen LogP contribution >= 0.6 is 12.2 Å². The van der Waals surface area contributed by atoms with Gasteiger partial charge in [-0.15, -0.1) is 0 Å². The van der Waals surface area contributed by atoms with Crippen molar-refractivity contribution in [1.82, 2.24) is 5.32 Å². The third-order valence-corrected chi connectivity index (χ3v) is 6.19. The summed E-state index contributed by atoms with van der Waals surface area (Å²) in [4.78, 5) is 12.7. The first-order valence-corrected chi connectivity index (χ1v) is 8.17. The lowest BCUT2D eigenvalue weighted by Gasteiger charge is -2.65. The van der Waals surface area contributed by atoms with Gasteiger partial charge in [-0.1, -0.05) is 26.1 Å². The first-order valence-electron chi connectivity index (χ1n) is 7.76. The predicted octanol–water partition coefficient (Wildman–Crippen LogP) is 2.77. The van der Waals surface area contributed by atoms with Gasteiger partial charge in [0.2, 0.25) is 5.91 Å². The topological polar surface area (TPSA) is 55.1 Å². The molecule has 0 radical (unpaired) electrons. The average molecular weight is 294 g/mol. The van der Waals surface area contributed by atoms with Crippen molar-refractivity contribution in [2.24, 2.45) is 28.4 Å². The fourth-order valence-corrected chi connectivity index (χ4v) is 6.19. The lowest BCUT2D eigenvalue weighted by molar-refractivity contribution is -0.140. The summed E-state index contributed by atoms with van der Waals surface area (Å²) in [7, 11) is 0. The predicted molar refractivity (Wildman–Crippen MR) is 84.2 cm³/mol. The summed E-state index contributed by atoms with van der Waals surface area (Å²) < 4.78 is 0. The van der Waals surface area contributed by atoms with Crippen LogP contribution in [-0.4, -0.2) is 16.4 Å². The standard InChI is InChI=1S/C16H26N2OS/c1-10(12(17)20)13(19)18-16-6-11-4-14(2,8-16)7-15(3,5-11)9-16/h10-11H,4-9H2,1-3H3,(H2,17,20)(H,18,19). The lowest BCUT2D eigenvalue weighted by Crippen LogP contribution is -2.65. The van der Waals surface area contributed by atoms with Gasteiger partial charge in [0.1, 0.15) is 0 Å². The second kappa shape index (κ2) is 4.19. The molecule has 0 aromatic carbocycles. The summed E-state index contributed by atoms with van der Waals surface area (Å²) in [5, 5.41) is 3.35. The summed E-state index contributed by atoms with van der Waals surface area (Å²) in [5.74, 6) is 0.437. The van der Waals surface area contributed by atoms with E-state index in [2.05, 4.69) is 19.2 Å². The van der Waals surface area contributed by atoms with Crippen LogP contribution in [0.2, 0.25) is 0 Å². The molecule has 3 atom stereocenters. The molecule has 112 valence electrons. The van der Waals surface area contributed by atoms with E-state index in [9.17, 15) is 4.79 Å². The van der Waals surface area contributed by atoms with Crippen molar-refractivity contribution in [2.75, 3.05) is 0 Å². The van der Waals surface area contributed by atoms with Crippen molar-refractivity contribution in [2.45, 2.75) is 64.8 Å². The van der Waals surface area contributed by atoms with Crippen LogP contribution in [-0.2, 0) is 4.79 Å². The van der Waals surface area contributed by atoms with Gasteiger partial charge < -0.3 is 11.1 Å². The number of rotatable bonds is 3. The van der Waals surface area contributed by atoms with Gasteiger partial charge in [0, 0.05) is 5.54 Å². The summed E-state index contributed by atoms with van der Waals surface area (Å²) in [5.41, 5.74) is 6.45. The molecular weight excluding hydrogens is 268 g/mol. The number of hydrogen-bond acceptors (Lipinski definition) is 2. The molecule has 0 aromatic rings. The van der Waals surface area contributed by atoms with E-state index >= 15 is 0 Å². The Kier molecular flexibility index (Phi) is 2.99. The zero-order valence-corrected chi connectivity index (χ0v) is 13.6. The summed E-state index contributed by atoms with van der Waals surface area (Å²) in [6, 6.07) is 0. The third-order valence-electron chi connectivity index (χ3n) is 5.83. The second-order valence-electron chi connectivity index (χ2n) is 8.52. The van der Waals surface area contributed by atoms with E-state index in [0.717, 1.165) is 25.2 Å². The van der Waals surface area contributed by atoms with Crippen molar-refractivity contribution in [3.8, 4) is 0 Å². The van der Waals surface area contributed by atoms with E-state index in [1.165, 1.54) is 19.3 Å². The zero-order valence-electron chi connectivity index (χ0n) is 12.8. The summed E-state index contributed by atoms with van der Waals surface area (Å²) in [6.45, 7) is 6.63. The molecular formula is C16H26N2OS. The number of hydrogen-bond donors (Lipinski definition) is 2. The van der Waals surface area contributed by atoms with Gasteiger partial charge in [-0.05, 0) is 62.2 Å². The van der Waals surface area contributed by atoms with Crippen LogP contribution in [0.25, 0.3) is 0 Å². The van der Waals surface area contributed by atoms with Crippen molar-refractivity contribution < 1.29 is 4.79 Å². The molecule has 3 nitrogen and oxygen atoms in total. The fraction of sp³-hybridized carbons (Fsp3) is 0.875. The van der Waals surface area contributed by atoms with Crippen LogP contribution < -0.4 is 11.1 Å². The van der Waals surface area contributed by atoms with E-state index in [1.807, 2.05) is 6.92 Å². The van der Waals surface area contributed by atoms with Gasteiger partial charge in [-0.25, -0.2) is 0 Å². The number of carbonyl (C=O) groups is 1. The molecule has 4 bridgehead atoms.